The standard InChI is InChI=1S/C20H19N3O3/c1-12-21-18-10-5-14(22-19(24)13-3-4-13)11-17(18)20(25)23(12)15-6-8-16(26-2)9-7-15/h5-11,13H,3-4H2,1-2H3,(H,22,24). The fourth-order valence-corrected chi connectivity index (χ4v) is 3.00. The molecular weight excluding hydrogens is 330 g/mol. The minimum atomic E-state index is -0.166. The first kappa shape index (κ1) is 16.3. The smallest absolute Gasteiger partial charge is 0.266 e. The molecule has 0 aliphatic heterocycles. The molecule has 0 spiro atoms. The number of methoxy groups -OCH3 is 1. The Kier molecular flexibility index (Phi) is 3.95. The van der Waals surface area contributed by atoms with Crippen LogP contribution in [0, 0.1) is 12.8 Å². The van der Waals surface area contributed by atoms with Gasteiger partial charge in [0.15, 0.2) is 0 Å². The third-order valence-corrected chi connectivity index (χ3v) is 4.58. The lowest BCUT2D eigenvalue weighted by Crippen LogP contribution is -2.22. The first-order chi connectivity index (χ1) is 12.6. The molecule has 6 nitrogen and oxygen atoms in total. The zero-order valence-corrected chi connectivity index (χ0v) is 14.7. The summed E-state index contributed by atoms with van der Waals surface area (Å²) >= 11 is 0. The van der Waals surface area contributed by atoms with E-state index < -0.39 is 0 Å². The van der Waals surface area contributed by atoms with Crippen molar-refractivity contribution < 1.29 is 9.53 Å². The Morgan fingerprint density at radius 1 is 1.19 bits per heavy atom. The first-order valence-corrected chi connectivity index (χ1v) is 8.55. The lowest BCUT2D eigenvalue weighted by Gasteiger charge is -2.12. The Labute approximate surface area is 150 Å². The van der Waals surface area contributed by atoms with Gasteiger partial charge in [0.1, 0.15) is 11.6 Å². The molecule has 1 saturated carbocycles. The molecule has 2 aromatic carbocycles. The summed E-state index contributed by atoms with van der Waals surface area (Å²) in [4.78, 5) is 29.6. The molecule has 6 heteroatoms. The molecule has 132 valence electrons. The van der Waals surface area contributed by atoms with Gasteiger partial charge in [-0.3, -0.25) is 14.2 Å². The third-order valence-electron chi connectivity index (χ3n) is 4.58. The van der Waals surface area contributed by atoms with Crippen LogP contribution in [0.15, 0.2) is 47.3 Å². The van der Waals surface area contributed by atoms with Gasteiger partial charge >= 0.3 is 0 Å². The van der Waals surface area contributed by atoms with E-state index in [-0.39, 0.29) is 17.4 Å². The molecule has 0 unspecified atom stereocenters. The number of hydrogen-bond acceptors (Lipinski definition) is 4. The van der Waals surface area contributed by atoms with Crippen molar-refractivity contribution in [1.82, 2.24) is 9.55 Å². The molecule has 26 heavy (non-hydrogen) atoms. The SMILES string of the molecule is COc1ccc(-n2c(C)nc3ccc(NC(=O)C4CC4)cc3c2=O)cc1. The molecule has 1 aliphatic rings. The van der Waals surface area contributed by atoms with Crippen molar-refractivity contribution in [3.8, 4) is 11.4 Å². The first-order valence-electron chi connectivity index (χ1n) is 8.55. The number of anilines is 1. The molecule has 1 aliphatic carbocycles. The van der Waals surface area contributed by atoms with Gasteiger partial charge in [-0.15, -0.1) is 0 Å². The van der Waals surface area contributed by atoms with Gasteiger partial charge < -0.3 is 10.1 Å². The molecular formula is C20H19N3O3. The van der Waals surface area contributed by atoms with Crippen molar-refractivity contribution in [1.29, 1.82) is 0 Å². The number of ether oxygens (including phenoxy) is 1. The molecule has 0 radical (unpaired) electrons. The van der Waals surface area contributed by atoms with Gasteiger partial charge in [-0.1, -0.05) is 0 Å². The van der Waals surface area contributed by atoms with E-state index in [1.54, 1.807) is 48.9 Å². The van der Waals surface area contributed by atoms with Crippen LogP contribution in [0.3, 0.4) is 0 Å². The zero-order chi connectivity index (χ0) is 18.3. The summed E-state index contributed by atoms with van der Waals surface area (Å²) in [6, 6.07) is 12.5. The molecule has 4 rings (SSSR count). The second-order valence-corrected chi connectivity index (χ2v) is 6.49. The Bertz CT molecular complexity index is 1050. The van der Waals surface area contributed by atoms with Gasteiger partial charge in [0, 0.05) is 11.6 Å². The lowest BCUT2D eigenvalue weighted by atomic mass is 10.2. The Balaban J connectivity index is 1.79. The summed E-state index contributed by atoms with van der Waals surface area (Å²) in [5.41, 5.74) is 1.79. The van der Waals surface area contributed by atoms with Crippen LogP contribution in [-0.2, 0) is 4.79 Å². The van der Waals surface area contributed by atoms with Gasteiger partial charge in [0.05, 0.1) is 23.7 Å². The number of carbonyl (C=O) groups excluding carboxylic acids is 1. The quantitative estimate of drug-likeness (QED) is 0.786. The minimum Gasteiger partial charge on any atom is -0.497 e. The van der Waals surface area contributed by atoms with Crippen LogP contribution in [-0.4, -0.2) is 22.6 Å². The van der Waals surface area contributed by atoms with E-state index in [9.17, 15) is 9.59 Å². The van der Waals surface area contributed by atoms with Crippen LogP contribution in [0.5, 0.6) is 5.75 Å². The fourth-order valence-electron chi connectivity index (χ4n) is 3.00. The predicted octanol–water partition coefficient (Wildman–Crippen LogP) is 3.05. The van der Waals surface area contributed by atoms with Crippen LogP contribution in [0.2, 0.25) is 0 Å². The zero-order valence-electron chi connectivity index (χ0n) is 14.7. The van der Waals surface area contributed by atoms with E-state index in [0.717, 1.165) is 24.3 Å². The monoisotopic (exact) mass is 349 g/mol. The maximum Gasteiger partial charge on any atom is 0.266 e. The summed E-state index contributed by atoms with van der Waals surface area (Å²) in [5.74, 6) is 1.44. The van der Waals surface area contributed by atoms with E-state index in [2.05, 4.69) is 10.3 Å². The van der Waals surface area contributed by atoms with Crippen LogP contribution in [0.4, 0.5) is 5.69 Å². The van der Waals surface area contributed by atoms with Crippen molar-refractivity contribution in [2.75, 3.05) is 12.4 Å². The van der Waals surface area contributed by atoms with Gasteiger partial charge in [0.2, 0.25) is 5.91 Å². The van der Waals surface area contributed by atoms with Crippen molar-refractivity contribution in [3.63, 3.8) is 0 Å². The molecule has 3 aromatic rings. The minimum absolute atomic E-state index is 0.0138. The summed E-state index contributed by atoms with van der Waals surface area (Å²) < 4.78 is 6.73. The molecule has 0 bridgehead atoms. The number of nitrogens with zero attached hydrogens (tertiary/aromatic N) is 2. The van der Waals surface area contributed by atoms with Crippen molar-refractivity contribution in [2.24, 2.45) is 5.92 Å². The number of amides is 1. The normalized spacial score (nSPS) is 13.6. The van der Waals surface area contributed by atoms with Crippen molar-refractivity contribution >= 4 is 22.5 Å². The Morgan fingerprint density at radius 2 is 1.92 bits per heavy atom. The third kappa shape index (κ3) is 2.94. The van der Waals surface area contributed by atoms with Gasteiger partial charge in [-0.25, -0.2) is 4.98 Å². The van der Waals surface area contributed by atoms with Crippen LogP contribution in [0.1, 0.15) is 18.7 Å². The molecule has 1 heterocycles. The summed E-state index contributed by atoms with van der Waals surface area (Å²) in [5, 5.41) is 3.35. The number of fused-ring (bicyclic) bond motifs is 1. The Hall–Kier alpha value is -3.15. The summed E-state index contributed by atoms with van der Waals surface area (Å²) in [6.07, 6.45) is 1.87. The number of hydrogen-bond donors (Lipinski definition) is 1. The molecule has 1 N–H and O–H groups in total. The van der Waals surface area contributed by atoms with Crippen LogP contribution in [0.25, 0.3) is 16.6 Å². The lowest BCUT2D eigenvalue weighted by molar-refractivity contribution is -0.117. The molecule has 1 fully saturated rings. The highest BCUT2D eigenvalue weighted by molar-refractivity contribution is 5.96. The summed E-state index contributed by atoms with van der Waals surface area (Å²) in [6.45, 7) is 1.80. The fraction of sp³-hybridized carbons (Fsp3) is 0.250. The number of aromatic nitrogens is 2. The van der Waals surface area contributed by atoms with E-state index in [1.165, 1.54) is 0 Å². The highest BCUT2D eigenvalue weighted by Crippen LogP contribution is 2.30. The average Bonchev–Trinajstić information content (AvgIpc) is 3.48. The van der Waals surface area contributed by atoms with E-state index in [4.69, 9.17) is 4.74 Å². The molecule has 1 aromatic heterocycles. The average molecular weight is 349 g/mol. The molecule has 1 amide bonds. The molecule has 0 saturated heterocycles. The topological polar surface area (TPSA) is 73.2 Å². The van der Waals surface area contributed by atoms with Gasteiger partial charge in [-0.2, -0.15) is 0 Å². The highest BCUT2D eigenvalue weighted by Gasteiger charge is 2.29. The van der Waals surface area contributed by atoms with Gasteiger partial charge in [-0.05, 0) is 62.2 Å². The number of carbonyl (C=O) groups is 1. The maximum absolute atomic E-state index is 13.1. The maximum atomic E-state index is 13.1. The Morgan fingerprint density at radius 3 is 2.58 bits per heavy atom. The van der Waals surface area contributed by atoms with E-state index in [0.29, 0.717) is 22.4 Å². The van der Waals surface area contributed by atoms with E-state index >= 15 is 0 Å². The van der Waals surface area contributed by atoms with Crippen LogP contribution < -0.4 is 15.6 Å². The summed E-state index contributed by atoms with van der Waals surface area (Å²) in [7, 11) is 1.60. The molecule has 0 atom stereocenters. The second-order valence-electron chi connectivity index (χ2n) is 6.49. The predicted molar refractivity (Wildman–Crippen MR) is 100.0 cm³/mol. The number of benzene rings is 2. The van der Waals surface area contributed by atoms with E-state index in [1.807, 2.05) is 12.1 Å². The van der Waals surface area contributed by atoms with Crippen molar-refractivity contribution in [3.05, 3.63) is 58.6 Å². The van der Waals surface area contributed by atoms with Crippen LogP contribution >= 0.6 is 0 Å². The number of rotatable bonds is 4. The largest absolute Gasteiger partial charge is 0.497 e. The van der Waals surface area contributed by atoms with Gasteiger partial charge in [0.25, 0.3) is 5.56 Å². The number of nitrogens with one attached hydrogen (secondary N) is 1. The van der Waals surface area contributed by atoms with Crippen molar-refractivity contribution in [2.45, 2.75) is 19.8 Å². The highest BCUT2D eigenvalue weighted by atomic mass is 16.5. The number of aryl methyl sites for hydroxylation is 1. The second kappa shape index (κ2) is 6.29.